The Hall–Kier alpha value is -6.25. The molecule has 2 aliphatic rings. The molecule has 26 nitrogen and oxygen atoms in total. The Morgan fingerprint density at radius 1 is 0.489 bits per heavy atom. The van der Waals surface area contributed by atoms with Gasteiger partial charge in [-0.1, -0.05) is 109 Å². The van der Waals surface area contributed by atoms with Crippen LogP contribution in [0.1, 0.15) is 156 Å². The van der Waals surface area contributed by atoms with Gasteiger partial charge in [-0.25, -0.2) is 0 Å². The van der Waals surface area contributed by atoms with Crippen LogP contribution < -0.4 is 21.3 Å². The number of aliphatic hydroxyl groups is 1. The molecule has 2 saturated heterocycles. The van der Waals surface area contributed by atoms with Crippen LogP contribution in [0.4, 0.5) is 0 Å². The molecule has 0 spiro atoms. The number of aliphatic hydroxyl groups excluding tert-OH is 1. The number of carbonyl (C=O) groups excluding carboxylic acids is 11. The maximum atomic E-state index is 15.4. The average Bonchev–Trinajstić information content (AvgIpc) is 0.838. The van der Waals surface area contributed by atoms with Gasteiger partial charge < -0.3 is 70.1 Å². The van der Waals surface area contributed by atoms with Crippen molar-refractivity contribution in [1.29, 1.82) is 0 Å². The molecule has 0 bridgehead atoms. The largest absolute Gasteiger partial charge is 0.390 e. The molecule has 0 aromatic carbocycles. The summed E-state index contributed by atoms with van der Waals surface area (Å²) in [6, 6.07) is -12.8. The molecule has 2 aliphatic heterocycles. The second-order valence-electron chi connectivity index (χ2n) is 28.5. The quantitative estimate of drug-likeness (QED) is 0.116. The monoisotopic (exact) mass is 1330 g/mol. The first-order valence-corrected chi connectivity index (χ1v) is 34.0. The highest BCUT2D eigenvalue weighted by atomic mass is 16.5. The number of allylic oxidation sites excluding steroid dienone is 2. The molecule has 0 radical (unpaired) electrons. The summed E-state index contributed by atoms with van der Waals surface area (Å²) < 4.78 is 11.9. The maximum Gasteiger partial charge on any atom is 0.273 e. The van der Waals surface area contributed by atoms with Crippen molar-refractivity contribution in [3.05, 3.63) is 12.2 Å². The van der Waals surface area contributed by atoms with Crippen LogP contribution in [0, 0.1) is 41.4 Å². The van der Waals surface area contributed by atoms with Crippen LogP contribution in [0.2, 0.25) is 0 Å². The number of likely N-dealkylation sites (N-methyl/N-ethyl adjacent to an activating group) is 7. The third kappa shape index (κ3) is 23.5. The van der Waals surface area contributed by atoms with Crippen molar-refractivity contribution in [2.24, 2.45) is 41.4 Å². The Balaban J connectivity index is 3.10. The van der Waals surface area contributed by atoms with Crippen LogP contribution in [0.5, 0.6) is 0 Å². The second kappa shape index (κ2) is 39.1. The number of amides is 11. The third-order valence-corrected chi connectivity index (χ3v) is 18.0. The van der Waals surface area contributed by atoms with E-state index in [2.05, 4.69) is 26.2 Å². The van der Waals surface area contributed by atoms with E-state index >= 15 is 28.8 Å². The van der Waals surface area contributed by atoms with Crippen LogP contribution in [0.25, 0.3) is 0 Å². The minimum Gasteiger partial charge on any atom is -0.390 e. The minimum atomic E-state index is -1.69. The van der Waals surface area contributed by atoms with E-state index in [1.54, 1.807) is 60.6 Å². The summed E-state index contributed by atoms with van der Waals surface area (Å²) >= 11 is 0. The lowest BCUT2D eigenvalue weighted by molar-refractivity contribution is -0.168. The van der Waals surface area contributed by atoms with E-state index in [4.69, 9.17) is 9.47 Å². The summed E-state index contributed by atoms with van der Waals surface area (Å²) in [5.74, 6) is -10.4. The van der Waals surface area contributed by atoms with Gasteiger partial charge >= 0.3 is 0 Å². The van der Waals surface area contributed by atoms with E-state index in [1.165, 1.54) is 87.7 Å². The lowest BCUT2D eigenvalue weighted by Crippen LogP contribution is -2.64. The molecule has 0 aromatic rings. The second-order valence-corrected chi connectivity index (χ2v) is 28.5. The van der Waals surface area contributed by atoms with Crippen LogP contribution >= 0.6 is 0 Å². The normalized spacial score (nSPS) is 27.5. The molecule has 5 N–H and O–H groups in total. The molecule has 538 valence electrons. The van der Waals surface area contributed by atoms with Crippen molar-refractivity contribution in [3.8, 4) is 0 Å². The SMILES string of the molecule is C/C=C/C[C@@H](C)[C@@H](O)[C@H]1C(=O)N[C@@H](CC)C(=O)N(C)[C@H](OCCN2CCOCC2)C(=O)N(C)[C@@H](CC(C)C)C(=O)N[C@@H](C(C)C)C(=O)N(C)[C@@H](CC(C)C)C(=O)N[C@@H](C)C(=O)N[C@H](C)C(=O)N(C)[C@@H](CC(C)C)C(=O)N(C)[C@@H](CC(C)C)C(=O)N(C)[C@@H](C(C)C)C(=O)N1C. The zero-order valence-corrected chi connectivity index (χ0v) is 61.4. The highest BCUT2D eigenvalue weighted by Crippen LogP contribution is 2.26. The number of ether oxygens (including phenoxy) is 2. The standard InChI is InChI=1S/C68H122N12O14/c1-25-27-28-45(15)56(81)55-60(85)71-48(26-2)62(87)79(24)68(94-34-31-80-29-32-93-33-30-80)67(92)74(19)50(36-40(5)6)59(84)72-53(43(11)12)65(90)73(18)49(35-39(3)4)58(83)69-46(16)57(82)70-47(17)61(86)75(20)51(37-41(7)8)63(88)76(21)52(38-42(9)10)64(89)77(22)54(44(13)14)66(91)78(55)23/h25,27,39-56,68,81H,26,28-38H2,1-24H3,(H,69,83)(H,70,82)(H,71,85)(H,72,84)/b27-25+/t45-,46+,47-,48+,49+,50+,51+,52+,53+,54+,55+,56-,68-/m1/s1. The van der Waals surface area contributed by atoms with Crippen molar-refractivity contribution in [1.82, 2.24) is 60.5 Å². The lowest BCUT2D eigenvalue weighted by Gasteiger charge is -2.41. The molecule has 11 amide bonds. The third-order valence-electron chi connectivity index (χ3n) is 18.0. The molecule has 0 aromatic heterocycles. The van der Waals surface area contributed by atoms with Gasteiger partial charge in [0.15, 0.2) is 0 Å². The Bertz CT molecular complexity index is 2560. The average molecular weight is 1330 g/mol. The smallest absolute Gasteiger partial charge is 0.273 e. The van der Waals surface area contributed by atoms with Crippen LogP contribution in [0.3, 0.4) is 0 Å². The minimum absolute atomic E-state index is 0.0461. The van der Waals surface area contributed by atoms with Gasteiger partial charge in [0.1, 0.15) is 60.4 Å². The van der Waals surface area contributed by atoms with Gasteiger partial charge in [0.2, 0.25) is 65.3 Å². The molecular weight excluding hydrogens is 1210 g/mol. The number of hydrogen-bond acceptors (Lipinski definition) is 15. The van der Waals surface area contributed by atoms with Crippen molar-refractivity contribution in [2.45, 2.75) is 229 Å². The number of carbonyl (C=O) groups is 11. The maximum absolute atomic E-state index is 15.4. The first kappa shape index (κ1) is 83.8. The van der Waals surface area contributed by atoms with E-state index in [1.807, 2.05) is 55.4 Å². The zero-order valence-electron chi connectivity index (χ0n) is 61.4. The van der Waals surface area contributed by atoms with E-state index in [0.717, 1.165) is 9.80 Å². The molecule has 0 aliphatic carbocycles. The molecule has 0 unspecified atom stereocenters. The fraction of sp³-hybridized carbons (Fsp3) is 0.809. The van der Waals surface area contributed by atoms with Crippen LogP contribution in [0.15, 0.2) is 12.2 Å². The molecule has 2 rings (SSSR count). The number of rotatable bonds is 19. The topological polar surface area (TPSA) is 300 Å². The summed E-state index contributed by atoms with van der Waals surface area (Å²) in [6.45, 7) is 32.2. The molecule has 94 heavy (non-hydrogen) atoms. The van der Waals surface area contributed by atoms with E-state index in [0.29, 0.717) is 32.8 Å². The van der Waals surface area contributed by atoms with Gasteiger partial charge in [-0.15, -0.1) is 0 Å². The molecule has 26 heteroatoms. The van der Waals surface area contributed by atoms with Gasteiger partial charge in [-0.05, 0) is 101 Å². The molecule has 2 fully saturated rings. The van der Waals surface area contributed by atoms with Crippen molar-refractivity contribution in [2.75, 3.05) is 88.8 Å². The Morgan fingerprint density at radius 3 is 1.39 bits per heavy atom. The number of hydrogen-bond donors (Lipinski definition) is 5. The molecule has 0 saturated carbocycles. The Kier molecular flexibility index (Phi) is 34.9. The van der Waals surface area contributed by atoms with E-state index in [9.17, 15) is 29.1 Å². The summed E-state index contributed by atoms with van der Waals surface area (Å²) in [5.41, 5.74) is 0. The predicted molar refractivity (Wildman–Crippen MR) is 361 cm³/mol. The van der Waals surface area contributed by atoms with Crippen molar-refractivity contribution >= 4 is 65.0 Å². The number of nitrogens with zero attached hydrogens (tertiary/aromatic N) is 8. The molecular formula is C68H122N12O14. The zero-order chi connectivity index (χ0) is 72.1. The summed E-state index contributed by atoms with van der Waals surface area (Å²) in [4.78, 5) is 174. The van der Waals surface area contributed by atoms with Crippen molar-refractivity contribution in [3.63, 3.8) is 0 Å². The van der Waals surface area contributed by atoms with Crippen LogP contribution in [-0.4, -0.2) is 271 Å². The Labute approximate surface area is 562 Å². The first-order chi connectivity index (χ1) is 43.7. The number of morpholine rings is 1. The van der Waals surface area contributed by atoms with Crippen LogP contribution in [-0.2, 0) is 62.2 Å². The van der Waals surface area contributed by atoms with Gasteiger partial charge in [-0.3, -0.25) is 57.6 Å². The summed E-state index contributed by atoms with van der Waals surface area (Å²) in [7, 11) is 9.87. The first-order valence-electron chi connectivity index (χ1n) is 34.0. The molecule has 2 heterocycles. The van der Waals surface area contributed by atoms with E-state index in [-0.39, 0.29) is 68.8 Å². The highest BCUT2D eigenvalue weighted by Gasteiger charge is 2.47. The number of nitrogens with one attached hydrogen (secondary N) is 4. The predicted octanol–water partition coefficient (Wildman–Crippen LogP) is 2.94. The van der Waals surface area contributed by atoms with Crippen molar-refractivity contribution < 1.29 is 67.3 Å². The van der Waals surface area contributed by atoms with Gasteiger partial charge in [0.05, 0.1) is 25.9 Å². The molecule has 13 atom stereocenters. The van der Waals surface area contributed by atoms with Gasteiger partial charge in [-0.2, -0.15) is 0 Å². The summed E-state index contributed by atoms with van der Waals surface area (Å²) in [6.07, 6.45) is 1.10. The summed E-state index contributed by atoms with van der Waals surface area (Å²) in [5, 5.41) is 23.4. The van der Waals surface area contributed by atoms with E-state index < -0.39 is 155 Å². The van der Waals surface area contributed by atoms with Gasteiger partial charge in [0.25, 0.3) is 5.91 Å². The van der Waals surface area contributed by atoms with Gasteiger partial charge in [0, 0.05) is 69.0 Å². The lowest BCUT2D eigenvalue weighted by atomic mass is 9.91. The Morgan fingerprint density at radius 2 is 0.926 bits per heavy atom. The highest BCUT2D eigenvalue weighted by molar-refractivity contribution is 6.00. The fourth-order valence-corrected chi connectivity index (χ4v) is 12.0. The fourth-order valence-electron chi connectivity index (χ4n) is 12.0.